The van der Waals surface area contributed by atoms with Crippen molar-refractivity contribution in [1.29, 1.82) is 0 Å². The predicted molar refractivity (Wildman–Crippen MR) is 94.8 cm³/mol. The highest BCUT2D eigenvalue weighted by Gasteiger charge is 2.28. The fraction of sp³-hybridized carbons (Fsp3) is 0.368. The first kappa shape index (κ1) is 16.3. The van der Waals surface area contributed by atoms with Crippen LogP contribution in [0.1, 0.15) is 36.8 Å². The minimum atomic E-state index is -0.0868. The van der Waals surface area contributed by atoms with E-state index in [-0.39, 0.29) is 12.1 Å². The molecule has 0 aliphatic carbocycles. The lowest BCUT2D eigenvalue weighted by Crippen LogP contribution is -2.38. The van der Waals surface area contributed by atoms with Crippen LogP contribution in [0.15, 0.2) is 40.9 Å². The van der Waals surface area contributed by atoms with Gasteiger partial charge in [-0.2, -0.15) is 0 Å². The van der Waals surface area contributed by atoms with Crippen LogP contribution in [-0.4, -0.2) is 28.7 Å². The molecule has 5 heteroatoms. The highest BCUT2D eigenvalue weighted by molar-refractivity contribution is 5.91. The zero-order valence-electron chi connectivity index (χ0n) is 14.2. The Kier molecular flexibility index (Phi) is 4.99. The maximum Gasteiger partial charge on any atom is 0.322 e. The average Bonchev–Trinajstić information content (AvgIpc) is 3.21. The maximum atomic E-state index is 12.7. The number of likely N-dealkylation sites (tertiary alicyclic amines) is 1. The van der Waals surface area contributed by atoms with E-state index >= 15 is 0 Å². The van der Waals surface area contributed by atoms with Gasteiger partial charge in [-0.25, -0.2) is 4.79 Å². The normalized spacial score (nSPS) is 17.6. The molecule has 1 fully saturated rings. The molecule has 5 nitrogen and oxygen atoms in total. The number of aryl methyl sites for hydroxylation is 2. The van der Waals surface area contributed by atoms with Crippen LogP contribution in [0.25, 0.3) is 6.08 Å². The highest BCUT2D eigenvalue weighted by Crippen LogP contribution is 2.24. The van der Waals surface area contributed by atoms with E-state index < -0.39 is 0 Å². The van der Waals surface area contributed by atoms with Crippen LogP contribution in [0.5, 0.6) is 0 Å². The van der Waals surface area contributed by atoms with Gasteiger partial charge in [0.25, 0.3) is 0 Å². The fourth-order valence-electron chi connectivity index (χ4n) is 3.03. The van der Waals surface area contributed by atoms with Crippen LogP contribution in [-0.2, 0) is 6.42 Å². The largest absolute Gasteiger partial charge is 0.359 e. The van der Waals surface area contributed by atoms with Gasteiger partial charge in [0, 0.05) is 6.54 Å². The number of amides is 2. The number of nitrogens with zero attached hydrogens (tertiary/aromatic N) is 2. The molecule has 2 amide bonds. The van der Waals surface area contributed by atoms with Crippen molar-refractivity contribution in [2.24, 2.45) is 0 Å². The summed E-state index contributed by atoms with van der Waals surface area (Å²) in [4.78, 5) is 14.5. The van der Waals surface area contributed by atoms with Gasteiger partial charge in [-0.15, -0.1) is 0 Å². The summed E-state index contributed by atoms with van der Waals surface area (Å²) in [6, 6.07) is 10.2. The zero-order valence-corrected chi connectivity index (χ0v) is 14.2. The first-order chi connectivity index (χ1) is 11.7. The van der Waals surface area contributed by atoms with Crippen LogP contribution >= 0.6 is 0 Å². The number of anilines is 1. The van der Waals surface area contributed by atoms with Gasteiger partial charge < -0.3 is 14.7 Å². The Bertz CT molecular complexity index is 721. The van der Waals surface area contributed by atoms with Crippen LogP contribution in [0, 0.1) is 6.92 Å². The first-order valence-corrected chi connectivity index (χ1v) is 8.45. The van der Waals surface area contributed by atoms with Crippen molar-refractivity contribution in [2.75, 3.05) is 11.9 Å². The monoisotopic (exact) mass is 325 g/mol. The lowest BCUT2D eigenvalue weighted by Gasteiger charge is -2.22. The van der Waals surface area contributed by atoms with Crippen molar-refractivity contribution in [2.45, 2.75) is 39.2 Å². The number of carbonyl (C=O) groups is 1. The molecule has 24 heavy (non-hydrogen) atoms. The van der Waals surface area contributed by atoms with Crippen LogP contribution in [0.3, 0.4) is 0 Å². The van der Waals surface area contributed by atoms with Gasteiger partial charge >= 0.3 is 6.03 Å². The van der Waals surface area contributed by atoms with Gasteiger partial charge in [0.2, 0.25) is 0 Å². The number of aromatic nitrogens is 1. The van der Waals surface area contributed by atoms with Crippen LogP contribution < -0.4 is 5.32 Å². The van der Waals surface area contributed by atoms with E-state index in [9.17, 15) is 4.79 Å². The van der Waals surface area contributed by atoms with Gasteiger partial charge in [-0.1, -0.05) is 54.6 Å². The summed E-state index contributed by atoms with van der Waals surface area (Å²) in [5, 5.41) is 6.96. The van der Waals surface area contributed by atoms with Crippen molar-refractivity contribution >= 4 is 17.8 Å². The Labute approximate surface area is 142 Å². The number of rotatable bonds is 4. The molecule has 1 saturated heterocycles. The van der Waals surface area contributed by atoms with Crippen molar-refractivity contribution in [3.05, 3.63) is 53.4 Å². The summed E-state index contributed by atoms with van der Waals surface area (Å²) < 4.78 is 5.19. The quantitative estimate of drug-likeness (QED) is 0.914. The molecule has 3 rings (SSSR count). The minimum Gasteiger partial charge on any atom is -0.359 e. The second-order valence-electron chi connectivity index (χ2n) is 6.02. The number of carbonyl (C=O) groups excluding carboxylic acids is 1. The van der Waals surface area contributed by atoms with E-state index in [4.69, 9.17) is 4.52 Å². The Morgan fingerprint density at radius 1 is 1.42 bits per heavy atom. The van der Waals surface area contributed by atoms with E-state index in [2.05, 4.69) is 34.8 Å². The first-order valence-electron chi connectivity index (χ1n) is 8.45. The topological polar surface area (TPSA) is 58.4 Å². The van der Waals surface area contributed by atoms with Crippen molar-refractivity contribution in [1.82, 2.24) is 10.1 Å². The lowest BCUT2D eigenvalue weighted by molar-refractivity contribution is 0.214. The zero-order chi connectivity index (χ0) is 16.9. The predicted octanol–water partition coefficient (Wildman–Crippen LogP) is 4.26. The fourth-order valence-corrected chi connectivity index (χ4v) is 3.03. The molecule has 0 spiro atoms. The van der Waals surface area contributed by atoms with Crippen LogP contribution in [0.4, 0.5) is 10.5 Å². The van der Waals surface area contributed by atoms with Gasteiger partial charge in [-0.05, 0) is 31.7 Å². The molecule has 1 aliphatic heterocycles. The van der Waals surface area contributed by atoms with Crippen molar-refractivity contribution in [3.8, 4) is 0 Å². The van der Waals surface area contributed by atoms with Gasteiger partial charge in [0.1, 0.15) is 11.4 Å². The summed E-state index contributed by atoms with van der Waals surface area (Å²) in [6.45, 7) is 4.58. The van der Waals surface area contributed by atoms with Crippen molar-refractivity contribution < 1.29 is 9.32 Å². The SMILES string of the molecule is CCc1noc(C)c1NC(=O)N1CCC[C@@H]1/C=C/c1ccccc1. The number of hydrogen-bond acceptors (Lipinski definition) is 3. The summed E-state index contributed by atoms with van der Waals surface area (Å²) >= 11 is 0. The molecule has 126 valence electrons. The summed E-state index contributed by atoms with van der Waals surface area (Å²) in [7, 11) is 0. The molecule has 1 atom stereocenters. The molecule has 1 aromatic carbocycles. The molecule has 0 saturated carbocycles. The molecule has 0 radical (unpaired) electrons. The molecule has 0 bridgehead atoms. The number of nitrogens with one attached hydrogen (secondary N) is 1. The Hall–Kier alpha value is -2.56. The van der Waals surface area contributed by atoms with Gasteiger partial charge in [0.15, 0.2) is 5.76 Å². The molecule has 2 aromatic rings. The van der Waals surface area contributed by atoms with Gasteiger partial charge in [0.05, 0.1) is 6.04 Å². The number of hydrogen-bond donors (Lipinski definition) is 1. The Morgan fingerprint density at radius 3 is 2.96 bits per heavy atom. The average molecular weight is 325 g/mol. The summed E-state index contributed by atoms with van der Waals surface area (Å²) in [5.41, 5.74) is 2.64. The smallest absolute Gasteiger partial charge is 0.322 e. The highest BCUT2D eigenvalue weighted by atomic mass is 16.5. The standard InChI is InChI=1S/C19H23N3O2/c1-3-17-18(14(2)24-21-17)20-19(23)22-13-7-10-16(22)12-11-15-8-5-4-6-9-15/h4-6,8-9,11-12,16H,3,7,10,13H2,1-2H3,(H,20,23)/b12-11+/t16-/m1/s1. The van der Waals surface area contributed by atoms with E-state index in [0.717, 1.165) is 37.1 Å². The van der Waals surface area contributed by atoms with E-state index in [1.807, 2.05) is 36.9 Å². The third-order valence-electron chi connectivity index (χ3n) is 4.37. The number of urea groups is 1. The molecule has 0 unspecified atom stereocenters. The Morgan fingerprint density at radius 2 is 2.21 bits per heavy atom. The molecule has 1 aromatic heterocycles. The lowest BCUT2D eigenvalue weighted by atomic mass is 10.1. The molecule has 1 aliphatic rings. The third-order valence-corrected chi connectivity index (χ3v) is 4.37. The second-order valence-corrected chi connectivity index (χ2v) is 6.02. The molecule has 2 heterocycles. The minimum absolute atomic E-state index is 0.0868. The Balaban J connectivity index is 1.69. The summed E-state index contributed by atoms with van der Waals surface area (Å²) in [5.74, 6) is 0.649. The van der Waals surface area contributed by atoms with E-state index in [1.165, 1.54) is 0 Å². The molecular formula is C19H23N3O2. The molecule has 1 N–H and O–H groups in total. The second kappa shape index (κ2) is 7.34. The van der Waals surface area contributed by atoms with Gasteiger partial charge in [-0.3, -0.25) is 0 Å². The maximum absolute atomic E-state index is 12.7. The van der Waals surface area contributed by atoms with Crippen LogP contribution in [0.2, 0.25) is 0 Å². The van der Waals surface area contributed by atoms with E-state index in [1.54, 1.807) is 0 Å². The third kappa shape index (κ3) is 3.50. The van der Waals surface area contributed by atoms with E-state index in [0.29, 0.717) is 11.4 Å². The summed E-state index contributed by atoms with van der Waals surface area (Å²) in [6.07, 6.45) is 6.92. The molecular weight excluding hydrogens is 302 g/mol. The van der Waals surface area contributed by atoms with Crippen molar-refractivity contribution in [3.63, 3.8) is 0 Å². The number of benzene rings is 1.